The molecule has 12 heteroatoms. The second kappa shape index (κ2) is 11.3. The van der Waals surface area contributed by atoms with Crippen LogP contribution in [0.3, 0.4) is 0 Å². The molecule has 1 amide bonds. The zero-order valence-corrected chi connectivity index (χ0v) is 24.3. The molecule has 2 N–H and O–H groups in total. The van der Waals surface area contributed by atoms with Gasteiger partial charge in [-0.25, -0.2) is 19.2 Å². The van der Waals surface area contributed by atoms with Gasteiger partial charge in [0.2, 0.25) is 0 Å². The second-order valence-electron chi connectivity index (χ2n) is 11.0. The number of aromatic nitrogens is 2. The highest BCUT2D eigenvalue weighted by atomic mass is 19.3. The van der Waals surface area contributed by atoms with E-state index in [0.29, 0.717) is 36.4 Å². The van der Waals surface area contributed by atoms with Gasteiger partial charge in [0, 0.05) is 42.7 Å². The SMILES string of the molecule is COc1cc2nc(C)nc(N[C@H](C)c3cccc(C(F)(F)C(C)(C)O)c3F)c2cc1OC(=O)N1CCN(C)C[C@H]1C. The first-order valence-corrected chi connectivity index (χ1v) is 13.3. The Morgan fingerprint density at radius 2 is 1.90 bits per heavy atom. The largest absolute Gasteiger partial charge is 0.493 e. The number of likely N-dealkylation sites (N-methyl/N-ethyl adjacent to an activating group) is 1. The molecule has 2 heterocycles. The summed E-state index contributed by atoms with van der Waals surface area (Å²) in [6.45, 7) is 9.02. The Hall–Kier alpha value is -3.64. The van der Waals surface area contributed by atoms with Gasteiger partial charge in [-0.05, 0) is 53.8 Å². The van der Waals surface area contributed by atoms with E-state index in [0.717, 1.165) is 19.9 Å². The summed E-state index contributed by atoms with van der Waals surface area (Å²) in [5.74, 6) is -3.84. The van der Waals surface area contributed by atoms with Crippen LogP contribution in [0.25, 0.3) is 10.9 Å². The highest BCUT2D eigenvalue weighted by Gasteiger charge is 2.49. The Morgan fingerprint density at radius 1 is 1.20 bits per heavy atom. The normalized spacial score (nSPS) is 17.4. The Kier molecular flexibility index (Phi) is 8.38. The summed E-state index contributed by atoms with van der Waals surface area (Å²) in [6, 6.07) is 5.98. The number of aliphatic hydroxyl groups is 1. The second-order valence-corrected chi connectivity index (χ2v) is 11.0. The van der Waals surface area contributed by atoms with Gasteiger partial charge in [0.25, 0.3) is 0 Å². The van der Waals surface area contributed by atoms with Crippen molar-refractivity contribution in [1.82, 2.24) is 19.8 Å². The van der Waals surface area contributed by atoms with Crippen LogP contribution in [-0.4, -0.2) is 76.4 Å². The van der Waals surface area contributed by atoms with E-state index in [1.807, 2.05) is 14.0 Å². The number of hydrogen-bond donors (Lipinski definition) is 2. The summed E-state index contributed by atoms with van der Waals surface area (Å²) in [5, 5.41) is 13.5. The van der Waals surface area contributed by atoms with Gasteiger partial charge in [0.1, 0.15) is 23.1 Å². The fourth-order valence-corrected chi connectivity index (χ4v) is 4.90. The van der Waals surface area contributed by atoms with Crippen molar-refractivity contribution in [2.75, 3.05) is 39.1 Å². The summed E-state index contributed by atoms with van der Waals surface area (Å²) in [5.41, 5.74) is -2.95. The van der Waals surface area contributed by atoms with Crippen molar-refractivity contribution in [2.45, 2.75) is 58.2 Å². The van der Waals surface area contributed by atoms with E-state index in [9.17, 15) is 18.7 Å². The number of anilines is 1. The van der Waals surface area contributed by atoms with Crippen molar-refractivity contribution >= 4 is 22.8 Å². The molecule has 1 aliphatic heterocycles. The molecule has 2 aromatic carbocycles. The smallest absolute Gasteiger partial charge is 0.415 e. The molecule has 9 nitrogen and oxygen atoms in total. The van der Waals surface area contributed by atoms with Crippen molar-refractivity contribution in [3.63, 3.8) is 0 Å². The minimum atomic E-state index is -3.83. The molecule has 1 aromatic heterocycles. The molecule has 1 aliphatic rings. The number of halogens is 3. The summed E-state index contributed by atoms with van der Waals surface area (Å²) >= 11 is 0. The van der Waals surface area contributed by atoms with Crippen molar-refractivity contribution in [1.29, 1.82) is 0 Å². The highest BCUT2D eigenvalue weighted by Crippen LogP contribution is 2.42. The minimum Gasteiger partial charge on any atom is -0.493 e. The van der Waals surface area contributed by atoms with Crippen molar-refractivity contribution in [3.05, 3.63) is 53.1 Å². The van der Waals surface area contributed by atoms with Crippen LogP contribution in [0, 0.1) is 12.7 Å². The number of benzene rings is 2. The number of carbonyl (C=O) groups excluding carboxylic acids is 1. The number of piperazine rings is 1. The number of rotatable bonds is 7. The number of fused-ring (bicyclic) bond motifs is 1. The van der Waals surface area contributed by atoms with Crippen LogP contribution in [0.2, 0.25) is 0 Å². The number of hydrogen-bond acceptors (Lipinski definition) is 8. The van der Waals surface area contributed by atoms with Gasteiger partial charge in [-0.2, -0.15) is 8.78 Å². The van der Waals surface area contributed by atoms with E-state index in [2.05, 4.69) is 20.2 Å². The van der Waals surface area contributed by atoms with E-state index >= 15 is 4.39 Å². The van der Waals surface area contributed by atoms with Crippen LogP contribution in [0.15, 0.2) is 30.3 Å². The summed E-state index contributed by atoms with van der Waals surface area (Å²) < 4.78 is 56.4. The van der Waals surface area contributed by atoms with Crippen LogP contribution < -0.4 is 14.8 Å². The molecule has 3 aromatic rings. The molecule has 0 unspecified atom stereocenters. The molecule has 0 spiro atoms. The Balaban J connectivity index is 1.69. The van der Waals surface area contributed by atoms with Gasteiger partial charge < -0.3 is 29.7 Å². The van der Waals surface area contributed by atoms with Crippen LogP contribution in [-0.2, 0) is 5.92 Å². The number of amides is 1. The average molecular weight is 576 g/mol. The van der Waals surface area contributed by atoms with E-state index in [-0.39, 0.29) is 28.9 Å². The lowest BCUT2D eigenvalue weighted by atomic mass is 9.91. The van der Waals surface area contributed by atoms with Gasteiger partial charge in [-0.15, -0.1) is 0 Å². The summed E-state index contributed by atoms with van der Waals surface area (Å²) in [7, 11) is 3.44. The lowest BCUT2D eigenvalue weighted by Gasteiger charge is -2.37. The molecule has 2 atom stereocenters. The van der Waals surface area contributed by atoms with Crippen molar-refractivity contribution in [3.8, 4) is 11.5 Å². The first kappa shape index (κ1) is 30.3. The molecule has 222 valence electrons. The van der Waals surface area contributed by atoms with E-state index in [4.69, 9.17) is 9.47 Å². The predicted octanol–water partition coefficient (Wildman–Crippen LogP) is 5.26. The Labute approximate surface area is 237 Å². The maximum Gasteiger partial charge on any atom is 0.415 e. The average Bonchev–Trinajstić information content (AvgIpc) is 2.87. The third kappa shape index (κ3) is 6.03. The minimum absolute atomic E-state index is 0.0416. The number of nitrogens with zero attached hydrogens (tertiary/aromatic N) is 4. The number of carbonyl (C=O) groups is 1. The topological polar surface area (TPSA) is 100 Å². The molecule has 0 saturated carbocycles. The summed E-state index contributed by atoms with van der Waals surface area (Å²) in [4.78, 5) is 25.8. The molecule has 0 bridgehead atoms. The molecule has 41 heavy (non-hydrogen) atoms. The number of alkyl halides is 2. The van der Waals surface area contributed by atoms with E-state index in [1.165, 1.54) is 19.2 Å². The molecular formula is C29H36F3N5O4. The number of nitrogens with one attached hydrogen (secondary N) is 1. The molecule has 1 fully saturated rings. The molecular weight excluding hydrogens is 539 g/mol. The standard InChI is InChI=1S/C29H36F3N5O4/c1-16-15-36(6)11-12-37(16)27(38)41-24-13-20-22(14-23(24)40-7)34-18(3)35-26(20)33-17(2)19-9-8-10-21(25(19)30)29(31,32)28(4,5)39/h8-10,13-14,16-17,39H,11-12,15H2,1-7H3,(H,33,34,35)/t16-,17-/m1/s1. The number of methoxy groups -OCH3 is 1. The monoisotopic (exact) mass is 575 g/mol. The van der Waals surface area contributed by atoms with Gasteiger partial charge in [0.15, 0.2) is 11.5 Å². The van der Waals surface area contributed by atoms with E-state index in [1.54, 1.807) is 30.9 Å². The fraction of sp³-hybridized carbons (Fsp3) is 0.483. The first-order valence-electron chi connectivity index (χ1n) is 13.3. The molecule has 4 rings (SSSR count). The molecule has 1 saturated heterocycles. The van der Waals surface area contributed by atoms with Gasteiger partial charge >= 0.3 is 12.0 Å². The van der Waals surface area contributed by atoms with Crippen LogP contribution in [0.5, 0.6) is 11.5 Å². The maximum atomic E-state index is 15.4. The van der Waals surface area contributed by atoms with E-state index < -0.39 is 35.0 Å². The predicted molar refractivity (Wildman–Crippen MR) is 149 cm³/mol. The quantitative estimate of drug-likeness (QED) is 0.394. The lowest BCUT2D eigenvalue weighted by Crippen LogP contribution is -2.53. The Bertz CT molecular complexity index is 1450. The van der Waals surface area contributed by atoms with Gasteiger partial charge in [-0.3, -0.25) is 0 Å². The van der Waals surface area contributed by atoms with Gasteiger partial charge in [-0.1, -0.05) is 12.1 Å². The van der Waals surface area contributed by atoms with Gasteiger partial charge in [0.05, 0.1) is 24.2 Å². The third-order valence-corrected chi connectivity index (χ3v) is 7.31. The lowest BCUT2D eigenvalue weighted by molar-refractivity contribution is -0.170. The van der Waals surface area contributed by atoms with Crippen LogP contribution >= 0.6 is 0 Å². The zero-order chi connectivity index (χ0) is 30.3. The Morgan fingerprint density at radius 3 is 2.54 bits per heavy atom. The zero-order valence-electron chi connectivity index (χ0n) is 24.3. The molecule has 0 radical (unpaired) electrons. The van der Waals surface area contributed by atoms with Crippen molar-refractivity contribution < 1.29 is 32.5 Å². The maximum absolute atomic E-state index is 15.4. The highest BCUT2D eigenvalue weighted by molar-refractivity contribution is 5.92. The third-order valence-electron chi connectivity index (χ3n) is 7.31. The van der Waals surface area contributed by atoms with Crippen LogP contribution in [0.1, 0.15) is 50.7 Å². The fourth-order valence-electron chi connectivity index (χ4n) is 4.90. The first-order chi connectivity index (χ1) is 19.1. The van der Waals surface area contributed by atoms with Crippen LogP contribution in [0.4, 0.5) is 23.8 Å². The number of ether oxygens (including phenoxy) is 2. The summed E-state index contributed by atoms with van der Waals surface area (Å²) in [6.07, 6.45) is -0.522. The van der Waals surface area contributed by atoms with Crippen molar-refractivity contribution in [2.24, 2.45) is 0 Å². The number of aryl methyl sites for hydroxylation is 1. The molecule has 0 aliphatic carbocycles.